The van der Waals surface area contributed by atoms with E-state index in [1.807, 2.05) is 18.2 Å². The second-order valence-corrected chi connectivity index (χ2v) is 5.30. The van der Waals surface area contributed by atoms with Crippen molar-refractivity contribution < 1.29 is 0 Å². The second kappa shape index (κ2) is 10.6. The summed E-state index contributed by atoms with van der Waals surface area (Å²) < 4.78 is 0. The number of halogens is 1. The van der Waals surface area contributed by atoms with Crippen molar-refractivity contribution in [3.8, 4) is 0 Å². The summed E-state index contributed by atoms with van der Waals surface area (Å²) in [6.07, 6.45) is 7.94. The van der Waals surface area contributed by atoms with Crippen molar-refractivity contribution in [3.63, 3.8) is 0 Å². The molecule has 0 unspecified atom stereocenters. The van der Waals surface area contributed by atoms with Gasteiger partial charge in [0.25, 0.3) is 0 Å². The number of aliphatic imine (C=N–C) groups is 1. The maximum absolute atomic E-state index is 5.82. The minimum absolute atomic E-state index is 0. The van der Waals surface area contributed by atoms with E-state index in [0.717, 1.165) is 44.2 Å². The molecule has 1 aromatic rings. The Morgan fingerprint density at radius 3 is 2.76 bits per heavy atom. The number of nitrogens with zero attached hydrogens (tertiary/aromatic N) is 2. The highest BCUT2D eigenvalue weighted by atomic mass is 127. The third kappa shape index (κ3) is 7.50. The molecular formula is C15H26IN5. The van der Waals surface area contributed by atoms with Crippen LogP contribution in [0.15, 0.2) is 29.4 Å². The van der Waals surface area contributed by atoms with E-state index in [2.05, 4.69) is 20.6 Å². The van der Waals surface area contributed by atoms with Crippen LogP contribution in [-0.2, 0) is 0 Å². The molecule has 5 nitrogen and oxygen atoms in total. The Labute approximate surface area is 144 Å². The van der Waals surface area contributed by atoms with Crippen LogP contribution in [0.5, 0.6) is 0 Å². The Kier molecular flexibility index (Phi) is 9.12. The molecule has 118 valence electrons. The first-order chi connectivity index (χ1) is 9.84. The molecule has 1 saturated carbocycles. The van der Waals surface area contributed by atoms with E-state index in [4.69, 9.17) is 5.73 Å². The normalized spacial score (nSPS) is 15.0. The van der Waals surface area contributed by atoms with Crippen molar-refractivity contribution >= 4 is 35.8 Å². The lowest BCUT2D eigenvalue weighted by Crippen LogP contribution is -2.33. The summed E-state index contributed by atoms with van der Waals surface area (Å²) in [5, 5.41) is 6.46. The quantitative estimate of drug-likeness (QED) is 0.270. The van der Waals surface area contributed by atoms with Crippen LogP contribution < -0.4 is 16.4 Å². The van der Waals surface area contributed by atoms with Crippen LogP contribution in [0.25, 0.3) is 0 Å². The highest BCUT2D eigenvalue weighted by Gasteiger charge is 2.16. The van der Waals surface area contributed by atoms with Gasteiger partial charge in [0.1, 0.15) is 5.82 Å². The van der Waals surface area contributed by atoms with Crippen molar-refractivity contribution in [3.05, 3.63) is 24.4 Å². The summed E-state index contributed by atoms with van der Waals surface area (Å²) in [5.74, 6) is 2.30. The number of guanidine groups is 1. The largest absolute Gasteiger partial charge is 0.370 e. The molecule has 6 heteroatoms. The minimum Gasteiger partial charge on any atom is -0.370 e. The molecule has 0 aliphatic heterocycles. The molecule has 1 aromatic heterocycles. The number of nitrogens with two attached hydrogens (primary N) is 1. The van der Waals surface area contributed by atoms with Crippen molar-refractivity contribution in [1.29, 1.82) is 0 Å². The Balaban J connectivity index is 0.00000220. The molecule has 0 atom stereocenters. The summed E-state index contributed by atoms with van der Waals surface area (Å²) in [6.45, 7) is 2.70. The van der Waals surface area contributed by atoms with Gasteiger partial charge in [-0.2, -0.15) is 0 Å². The minimum atomic E-state index is 0. The maximum atomic E-state index is 5.82. The molecule has 0 saturated heterocycles. The average molecular weight is 403 g/mol. The van der Waals surface area contributed by atoms with E-state index < -0.39 is 0 Å². The van der Waals surface area contributed by atoms with Gasteiger partial charge < -0.3 is 16.4 Å². The van der Waals surface area contributed by atoms with E-state index in [9.17, 15) is 0 Å². The number of anilines is 1. The van der Waals surface area contributed by atoms with E-state index in [1.54, 1.807) is 6.20 Å². The van der Waals surface area contributed by atoms with Crippen molar-refractivity contribution in [2.45, 2.75) is 32.1 Å². The van der Waals surface area contributed by atoms with Crippen LogP contribution in [-0.4, -0.2) is 30.6 Å². The van der Waals surface area contributed by atoms with Gasteiger partial charge in [0.05, 0.1) is 0 Å². The van der Waals surface area contributed by atoms with Crippen LogP contribution in [0.1, 0.15) is 32.1 Å². The van der Waals surface area contributed by atoms with Gasteiger partial charge in [-0.3, -0.25) is 4.99 Å². The standard InChI is InChI=1S/C15H25N5.HI/c16-15(20-12-13-6-5-7-13)19-11-4-3-10-18-14-8-1-2-9-17-14;/h1-2,8-9,13H,3-7,10-12H2,(H,17,18)(H3,16,19,20);1H. The number of unbranched alkanes of at least 4 members (excludes halogenated alkanes) is 1. The zero-order chi connectivity index (χ0) is 14.0. The lowest BCUT2D eigenvalue weighted by Gasteiger charge is -2.23. The fourth-order valence-corrected chi connectivity index (χ4v) is 2.11. The number of pyridine rings is 1. The molecule has 0 bridgehead atoms. The molecule has 1 aliphatic carbocycles. The smallest absolute Gasteiger partial charge is 0.188 e. The number of rotatable bonds is 8. The molecule has 1 fully saturated rings. The summed E-state index contributed by atoms with van der Waals surface area (Å²) in [7, 11) is 0. The van der Waals surface area contributed by atoms with Gasteiger partial charge in [-0.1, -0.05) is 12.5 Å². The van der Waals surface area contributed by atoms with Gasteiger partial charge in [0, 0.05) is 25.8 Å². The number of hydrogen-bond acceptors (Lipinski definition) is 3. The second-order valence-electron chi connectivity index (χ2n) is 5.30. The molecule has 0 spiro atoms. The molecule has 21 heavy (non-hydrogen) atoms. The lowest BCUT2D eigenvalue weighted by molar-refractivity contribution is 0.326. The highest BCUT2D eigenvalue weighted by Crippen LogP contribution is 2.26. The van der Waals surface area contributed by atoms with Gasteiger partial charge in [0.15, 0.2) is 5.96 Å². The van der Waals surface area contributed by atoms with E-state index in [-0.39, 0.29) is 24.0 Å². The van der Waals surface area contributed by atoms with Crippen LogP contribution in [0.2, 0.25) is 0 Å². The molecule has 1 aliphatic rings. The monoisotopic (exact) mass is 403 g/mol. The molecule has 0 amide bonds. The molecule has 0 aromatic carbocycles. The predicted octanol–water partition coefficient (Wildman–Crippen LogP) is 2.60. The Hall–Kier alpha value is -1.05. The summed E-state index contributed by atoms with van der Waals surface area (Å²) >= 11 is 0. The summed E-state index contributed by atoms with van der Waals surface area (Å²) in [5.41, 5.74) is 5.82. The van der Waals surface area contributed by atoms with Crippen LogP contribution in [0.4, 0.5) is 5.82 Å². The van der Waals surface area contributed by atoms with Crippen LogP contribution in [0, 0.1) is 5.92 Å². The van der Waals surface area contributed by atoms with E-state index in [0.29, 0.717) is 5.96 Å². The fraction of sp³-hybridized carbons (Fsp3) is 0.600. The third-order valence-electron chi connectivity index (χ3n) is 3.63. The van der Waals surface area contributed by atoms with Gasteiger partial charge in [-0.05, 0) is 43.7 Å². The van der Waals surface area contributed by atoms with Gasteiger partial charge in [-0.25, -0.2) is 4.98 Å². The summed E-state index contributed by atoms with van der Waals surface area (Å²) in [4.78, 5) is 8.58. The third-order valence-corrected chi connectivity index (χ3v) is 3.63. The Morgan fingerprint density at radius 1 is 1.29 bits per heavy atom. The molecule has 4 N–H and O–H groups in total. The highest BCUT2D eigenvalue weighted by molar-refractivity contribution is 14.0. The zero-order valence-corrected chi connectivity index (χ0v) is 14.8. The van der Waals surface area contributed by atoms with E-state index in [1.165, 1.54) is 19.3 Å². The lowest BCUT2D eigenvalue weighted by atomic mass is 9.86. The number of hydrogen-bond donors (Lipinski definition) is 3. The van der Waals surface area contributed by atoms with Crippen LogP contribution >= 0.6 is 24.0 Å². The Morgan fingerprint density at radius 2 is 2.10 bits per heavy atom. The van der Waals surface area contributed by atoms with Crippen LogP contribution in [0.3, 0.4) is 0 Å². The van der Waals surface area contributed by atoms with Crippen molar-refractivity contribution in [2.75, 3.05) is 25.0 Å². The first-order valence-corrected chi connectivity index (χ1v) is 7.53. The first kappa shape index (κ1) is 18.0. The zero-order valence-electron chi connectivity index (χ0n) is 12.4. The van der Waals surface area contributed by atoms with Crippen molar-refractivity contribution in [1.82, 2.24) is 10.3 Å². The van der Waals surface area contributed by atoms with Gasteiger partial charge in [0.2, 0.25) is 0 Å². The topological polar surface area (TPSA) is 75.3 Å². The summed E-state index contributed by atoms with van der Waals surface area (Å²) in [6, 6.07) is 5.88. The van der Waals surface area contributed by atoms with Gasteiger partial charge in [-0.15, -0.1) is 24.0 Å². The molecule has 2 rings (SSSR count). The predicted molar refractivity (Wildman–Crippen MR) is 99.2 cm³/mol. The SMILES string of the molecule is I.NC(=NCC1CCC1)NCCCCNc1ccccn1. The van der Waals surface area contributed by atoms with Gasteiger partial charge >= 0.3 is 0 Å². The number of aromatic nitrogens is 1. The number of nitrogens with one attached hydrogen (secondary N) is 2. The van der Waals surface area contributed by atoms with E-state index >= 15 is 0 Å². The first-order valence-electron chi connectivity index (χ1n) is 7.53. The molecular weight excluding hydrogens is 377 g/mol. The Bertz CT molecular complexity index is 406. The molecule has 1 heterocycles. The molecule has 0 radical (unpaired) electrons. The fourth-order valence-electron chi connectivity index (χ4n) is 2.11. The van der Waals surface area contributed by atoms with Crippen molar-refractivity contribution in [2.24, 2.45) is 16.6 Å². The average Bonchev–Trinajstić information content (AvgIpc) is 2.42. The maximum Gasteiger partial charge on any atom is 0.188 e.